The number of hydrogen-bond acceptors (Lipinski definition) is 5. The van der Waals surface area contributed by atoms with Crippen molar-refractivity contribution in [3.8, 4) is 5.75 Å². The lowest BCUT2D eigenvalue weighted by Gasteiger charge is -2.22. The maximum absolute atomic E-state index is 12.8. The van der Waals surface area contributed by atoms with Gasteiger partial charge in [-0.1, -0.05) is 0 Å². The van der Waals surface area contributed by atoms with Crippen molar-refractivity contribution in [3.05, 3.63) is 30.1 Å². The minimum Gasteiger partial charge on any atom is -0.478 e. The zero-order valence-corrected chi connectivity index (χ0v) is 13.8. The molecule has 0 bridgehead atoms. The summed E-state index contributed by atoms with van der Waals surface area (Å²) in [7, 11) is 0. The monoisotopic (exact) mass is 355 g/mol. The molecule has 8 heteroatoms. The van der Waals surface area contributed by atoms with Crippen LogP contribution in [0, 0.1) is 5.82 Å². The Bertz CT molecular complexity index is 559. The van der Waals surface area contributed by atoms with Crippen molar-refractivity contribution in [3.63, 3.8) is 0 Å². The second-order valence-electron chi connectivity index (χ2n) is 5.64. The molecule has 0 aliphatic carbocycles. The first-order valence-corrected chi connectivity index (χ1v) is 8.15. The molecule has 2 rings (SSSR count). The zero-order valence-electron chi connectivity index (χ0n) is 13.8. The van der Waals surface area contributed by atoms with Crippen LogP contribution in [0.1, 0.15) is 19.3 Å². The largest absolute Gasteiger partial charge is 0.478 e. The number of carbonyl (C=O) groups excluding carboxylic acids is 1. The van der Waals surface area contributed by atoms with Crippen LogP contribution in [0.2, 0.25) is 0 Å². The number of ether oxygens (including phenoxy) is 3. The van der Waals surface area contributed by atoms with Crippen LogP contribution < -0.4 is 10.1 Å². The van der Waals surface area contributed by atoms with Gasteiger partial charge in [-0.25, -0.2) is 9.18 Å². The number of benzene rings is 1. The number of nitrogens with one attached hydrogen (secondary N) is 1. The molecule has 1 atom stereocenters. The summed E-state index contributed by atoms with van der Waals surface area (Å²) >= 11 is 0. The molecule has 1 fully saturated rings. The second kappa shape index (κ2) is 9.95. The van der Waals surface area contributed by atoms with Crippen molar-refractivity contribution in [2.24, 2.45) is 0 Å². The number of hydrogen-bond donors (Lipinski definition) is 2. The van der Waals surface area contributed by atoms with Gasteiger partial charge in [-0.15, -0.1) is 0 Å². The maximum Gasteiger partial charge on any atom is 0.346 e. The highest BCUT2D eigenvalue weighted by atomic mass is 19.1. The second-order valence-corrected chi connectivity index (χ2v) is 5.64. The van der Waals surface area contributed by atoms with Crippen LogP contribution in [0.4, 0.5) is 4.39 Å². The Labute approximate surface area is 145 Å². The number of carbonyl (C=O) groups is 2. The average Bonchev–Trinajstić information content (AvgIpc) is 2.61. The summed E-state index contributed by atoms with van der Waals surface area (Å²) in [5, 5.41) is 11.7. The SMILES string of the molecule is O=C(CCOC1CCOCC1)NCC(Oc1ccc(F)cc1)C(=O)O. The molecule has 0 saturated carbocycles. The molecule has 1 amide bonds. The molecule has 7 nitrogen and oxygen atoms in total. The Kier molecular flexibility index (Phi) is 7.62. The fourth-order valence-electron chi connectivity index (χ4n) is 2.31. The Morgan fingerprint density at radius 2 is 1.96 bits per heavy atom. The Morgan fingerprint density at radius 3 is 2.60 bits per heavy atom. The van der Waals surface area contributed by atoms with E-state index < -0.39 is 17.9 Å². The lowest BCUT2D eigenvalue weighted by atomic mass is 10.1. The predicted octanol–water partition coefficient (Wildman–Crippen LogP) is 1.36. The van der Waals surface area contributed by atoms with Gasteiger partial charge in [0.1, 0.15) is 11.6 Å². The van der Waals surface area contributed by atoms with E-state index in [1.807, 2.05) is 0 Å². The normalized spacial score (nSPS) is 16.2. The molecule has 1 saturated heterocycles. The third-order valence-electron chi connectivity index (χ3n) is 3.70. The number of carboxylic acid groups (broad SMARTS) is 1. The van der Waals surface area contributed by atoms with Crippen LogP contribution in [0.5, 0.6) is 5.75 Å². The van der Waals surface area contributed by atoms with Crippen LogP contribution in [-0.4, -0.2) is 55.6 Å². The van der Waals surface area contributed by atoms with E-state index in [1.54, 1.807) is 0 Å². The summed E-state index contributed by atoms with van der Waals surface area (Å²) in [5.41, 5.74) is 0. The molecular weight excluding hydrogens is 333 g/mol. The molecule has 0 aromatic heterocycles. The molecule has 0 spiro atoms. The third kappa shape index (κ3) is 7.06. The van der Waals surface area contributed by atoms with Crippen LogP contribution in [0.25, 0.3) is 0 Å². The summed E-state index contributed by atoms with van der Waals surface area (Å²) < 4.78 is 28.9. The Morgan fingerprint density at radius 1 is 1.28 bits per heavy atom. The smallest absolute Gasteiger partial charge is 0.346 e. The van der Waals surface area contributed by atoms with Crippen LogP contribution >= 0.6 is 0 Å². The standard InChI is InChI=1S/C17H22FNO6/c18-12-1-3-14(4-2-12)25-15(17(21)22)11-19-16(20)7-10-24-13-5-8-23-9-6-13/h1-4,13,15H,5-11H2,(H,19,20)(H,21,22). The highest BCUT2D eigenvalue weighted by Crippen LogP contribution is 2.13. The van der Waals surface area contributed by atoms with E-state index in [0.717, 1.165) is 12.8 Å². The van der Waals surface area contributed by atoms with Gasteiger partial charge < -0.3 is 24.6 Å². The molecule has 138 valence electrons. The molecule has 1 aliphatic heterocycles. The predicted molar refractivity (Wildman–Crippen MR) is 85.9 cm³/mol. The van der Waals surface area contributed by atoms with Crippen molar-refractivity contribution in [2.45, 2.75) is 31.5 Å². The lowest BCUT2D eigenvalue weighted by molar-refractivity contribution is -0.145. The topological polar surface area (TPSA) is 94.1 Å². The van der Waals surface area contributed by atoms with Crippen molar-refractivity contribution in [1.82, 2.24) is 5.32 Å². The minimum absolute atomic E-state index is 0.107. The average molecular weight is 355 g/mol. The van der Waals surface area contributed by atoms with Gasteiger partial charge in [0.2, 0.25) is 12.0 Å². The van der Waals surface area contributed by atoms with Crippen molar-refractivity contribution >= 4 is 11.9 Å². The number of rotatable bonds is 9. The molecular formula is C17H22FNO6. The van der Waals surface area contributed by atoms with Crippen molar-refractivity contribution < 1.29 is 33.3 Å². The number of amides is 1. The van der Waals surface area contributed by atoms with Gasteiger partial charge in [0.15, 0.2) is 0 Å². The zero-order chi connectivity index (χ0) is 18.1. The maximum atomic E-state index is 12.8. The van der Waals surface area contributed by atoms with Gasteiger partial charge in [0, 0.05) is 19.6 Å². The fourth-order valence-corrected chi connectivity index (χ4v) is 2.31. The quantitative estimate of drug-likeness (QED) is 0.695. The Balaban J connectivity index is 1.69. The van der Waals surface area contributed by atoms with E-state index in [-0.39, 0.29) is 37.3 Å². The summed E-state index contributed by atoms with van der Waals surface area (Å²) in [6.07, 6.45) is 0.615. The van der Waals surface area contributed by atoms with Crippen LogP contribution in [-0.2, 0) is 19.1 Å². The summed E-state index contributed by atoms with van der Waals surface area (Å²) in [4.78, 5) is 23.0. The molecule has 2 N–H and O–H groups in total. The number of carboxylic acids is 1. The minimum atomic E-state index is -1.26. The summed E-state index contributed by atoms with van der Waals surface area (Å²) in [6, 6.07) is 4.99. The van der Waals surface area contributed by atoms with Gasteiger partial charge in [0.05, 0.1) is 19.3 Å². The van der Waals surface area contributed by atoms with E-state index in [0.29, 0.717) is 13.2 Å². The van der Waals surface area contributed by atoms with Gasteiger partial charge in [-0.3, -0.25) is 4.79 Å². The van der Waals surface area contributed by atoms with Gasteiger partial charge in [-0.05, 0) is 37.1 Å². The summed E-state index contributed by atoms with van der Waals surface area (Å²) in [5.74, 6) is -1.77. The third-order valence-corrected chi connectivity index (χ3v) is 3.70. The van der Waals surface area contributed by atoms with E-state index in [2.05, 4.69) is 5.32 Å². The fraction of sp³-hybridized carbons (Fsp3) is 0.529. The van der Waals surface area contributed by atoms with E-state index in [1.165, 1.54) is 24.3 Å². The van der Waals surface area contributed by atoms with Crippen LogP contribution in [0.3, 0.4) is 0 Å². The lowest BCUT2D eigenvalue weighted by Crippen LogP contribution is -2.40. The number of halogens is 1. The highest BCUT2D eigenvalue weighted by Gasteiger charge is 2.21. The van der Waals surface area contributed by atoms with Crippen molar-refractivity contribution in [1.29, 1.82) is 0 Å². The first kappa shape index (κ1) is 19.1. The highest BCUT2D eigenvalue weighted by molar-refractivity contribution is 5.78. The molecule has 1 aliphatic rings. The van der Waals surface area contributed by atoms with E-state index >= 15 is 0 Å². The summed E-state index contributed by atoms with van der Waals surface area (Å²) in [6.45, 7) is 1.41. The number of aliphatic carboxylic acids is 1. The Hall–Kier alpha value is -2.19. The first-order chi connectivity index (χ1) is 12.0. The van der Waals surface area contributed by atoms with E-state index in [9.17, 15) is 14.0 Å². The molecule has 1 aromatic rings. The van der Waals surface area contributed by atoms with Gasteiger partial charge in [0.25, 0.3) is 0 Å². The molecule has 25 heavy (non-hydrogen) atoms. The molecule has 1 aromatic carbocycles. The van der Waals surface area contributed by atoms with Gasteiger partial charge >= 0.3 is 5.97 Å². The van der Waals surface area contributed by atoms with Gasteiger partial charge in [-0.2, -0.15) is 0 Å². The van der Waals surface area contributed by atoms with E-state index in [4.69, 9.17) is 19.3 Å². The molecule has 1 unspecified atom stereocenters. The van der Waals surface area contributed by atoms with Crippen molar-refractivity contribution in [2.75, 3.05) is 26.4 Å². The first-order valence-electron chi connectivity index (χ1n) is 8.15. The molecule has 1 heterocycles. The molecule has 0 radical (unpaired) electrons. The van der Waals surface area contributed by atoms with Crippen LogP contribution in [0.15, 0.2) is 24.3 Å².